The summed E-state index contributed by atoms with van der Waals surface area (Å²) in [6.07, 6.45) is 3.97. The molecule has 0 bridgehead atoms. The van der Waals surface area contributed by atoms with Crippen LogP contribution in [-0.4, -0.2) is 44.0 Å². The second-order valence-corrected chi connectivity index (χ2v) is 7.21. The van der Waals surface area contributed by atoms with E-state index in [2.05, 4.69) is 18.7 Å². The van der Waals surface area contributed by atoms with Crippen molar-refractivity contribution in [2.75, 3.05) is 27.3 Å². The van der Waals surface area contributed by atoms with Crippen molar-refractivity contribution in [2.24, 2.45) is 0 Å². The summed E-state index contributed by atoms with van der Waals surface area (Å²) in [5.74, 6) is 1.73. The van der Waals surface area contributed by atoms with Gasteiger partial charge in [-0.2, -0.15) is 0 Å². The zero-order chi connectivity index (χ0) is 20.1. The Labute approximate surface area is 167 Å². The molecule has 4 nitrogen and oxygen atoms in total. The van der Waals surface area contributed by atoms with Crippen molar-refractivity contribution >= 4 is 17.9 Å². The molecule has 1 fully saturated rings. The van der Waals surface area contributed by atoms with Crippen LogP contribution in [0.3, 0.4) is 0 Å². The van der Waals surface area contributed by atoms with E-state index >= 15 is 0 Å². The number of benzene rings is 2. The maximum atomic E-state index is 13.1. The molecule has 4 heteroatoms. The lowest BCUT2D eigenvalue weighted by atomic mass is 9.93. The van der Waals surface area contributed by atoms with E-state index in [0.29, 0.717) is 19.1 Å². The second kappa shape index (κ2) is 8.89. The molecule has 0 unspecified atom stereocenters. The first-order valence-electron chi connectivity index (χ1n) is 9.48. The monoisotopic (exact) mass is 377 g/mol. The third-order valence-electron chi connectivity index (χ3n) is 4.97. The fourth-order valence-electron chi connectivity index (χ4n) is 3.23. The van der Waals surface area contributed by atoms with E-state index < -0.39 is 0 Å². The molecular weight excluding hydrogens is 350 g/mol. The smallest absolute Gasteiger partial charge is 0.187 e. The van der Waals surface area contributed by atoms with Gasteiger partial charge in [-0.3, -0.25) is 9.69 Å². The van der Waals surface area contributed by atoms with Crippen LogP contribution in [0.2, 0.25) is 0 Å². The molecule has 0 N–H and O–H groups in total. The van der Waals surface area contributed by atoms with Crippen molar-refractivity contribution in [3.8, 4) is 11.5 Å². The van der Waals surface area contributed by atoms with Crippen LogP contribution in [0.4, 0.5) is 0 Å². The lowest BCUT2D eigenvalue weighted by Gasteiger charge is -2.32. The SMILES string of the molecule is COc1ccc(/C=C2\CN(C(C)C)C/C(=C\c3ccc(OC)cc3)C2=O)cc1. The molecule has 0 atom stereocenters. The van der Waals surface area contributed by atoms with Gasteiger partial charge in [-0.25, -0.2) is 0 Å². The summed E-state index contributed by atoms with van der Waals surface area (Å²) in [6.45, 7) is 5.63. The zero-order valence-electron chi connectivity index (χ0n) is 16.9. The number of ether oxygens (including phenoxy) is 2. The van der Waals surface area contributed by atoms with Gasteiger partial charge in [0.05, 0.1) is 14.2 Å². The number of carbonyl (C=O) groups excluding carboxylic acids is 1. The van der Waals surface area contributed by atoms with E-state index in [1.807, 2.05) is 60.7 Å². The molecule has 0 saturated carbocycles. The van der Waals surface area contributed by atoms with Gasteiger partial charge < -0.3 is 9.47 Å². The van der Waals surface area contributed by atoms with Gasteiger partial charge in [0.1, 0.15) is 11.5 Å². The Morgan fingerprint density at radius 1 is 0.786 bits per heavy atom. The number of piperidine rings is 1. The van der Waals surface area contributed by atoms with E-state index in [9.17, 15) is 4.79 Å². The molecule has 2 aromatic carbocycles. The fourth-order valence-corrected chi connectivity index (χ4v) is 3.23. The number of hydrogen-bond acceptors (Lipinski definition) is 4. The number of carbonyl (C=O) groups is 1. The summed E-state index contributed by atoms with van der Waals surface area (Å²) in [5.41, 5.74) is 3.62. The highest BCUT2D eigenvalue weighted by Gasteiger charge is 2.27. The van der Waals surface area contributed by atoms with Crippen LogP contribution in [-0.2, 0) is 4.79 Å². The molecule has 1 heterocycles. The molecule has 1 aliphatic rings. The van der Waals surface area contributed by atoms with Crippen LogP contribution >= 0.6 is 0 Å². The summed E-state index contributed by atoms with van der Waals surface area (Å²) in [5, 5.41) is 0. The molecule has 0 spiro atoms. The number of nitrogens with zero attached hydrogens (tertiary/aromatic N) is 1. The first-order chi connectivity index (χ1) is 13.5. The minimum Gasteiger partial charge on any atom is -0.497 e. The average Bonchev–Trinajstić information content (AvgIpc) is 2.71. The fraction of sp³-hybridized carbons (Fsp3) is 0.292. The Morgan fingerprint density at radius 3 is 1.50 bits per heavy atom. The number of hydrogen-bond donors (Lipinski definition) is 0. The first-order valence-corrected chi connectivity index (χ1v) is 9.48. The van der Waals surface area contributed by atoms with Gasteiger partial charge in [0, 0.05) is 30.3 Å². The van der Waals surface area contributed by atoms with E-state index in [4.69, 9.17) is 9.47 Å². The molecule has 1 saturated heterocycles. The molecule has 28 heavy (non-hydrogen) atoms. The van der Waals surface area contributed by atoms with Gasteiger partial charge in [-0.15, -0.1) is 0 Å². The van der Waals surface area contributed by atoms with Gasteiger partial charge in [0.2, 0.25) is 0 Å². The lowest BCUT2D eigenvalue weighted by molar-refractivity contribution is -0.113. The normalized spacial score (nSPS) is 18.1. The molecule has 0 aliphatic carbocycles. The van der Waals surface area contributed by atoms with Crippen molar-refractivity contribution in [1.29, 1.82) is 0 Å². The van der Waals surface area contributed by atoms with Gasteiger partial charge in [0.25, 0.3) is 0 Å². The van der Waals surface area contributed by atoms with Gasteiger partial charge in [0.15, 0.2) is 5.78 Å². The largest absolute Gasteiger partial charge is 0.497 e. The number of likely N-dealkylation sites (tertiary alicyclic amines) is 1. The summed E-state index contributed by atoms with van der Waals surface area (Å²) < 4.78 is 10.4. The van der Waals surface area contributed by atoms with Crippen molar-refractivity contribution in [1.82, 2.24) is 4.90 Å². The van der Waals surface area contributed by atoms with Crippen molar-refractivity contribution < 1.29 is 14.3 Å². The standard InChI is InChI=1S/C24H27NO3/c1-17(2)25-15-20(13-18-5-9-22(27-3)10-6-18)24(26)21(16-25)14-19-7-11-23(28-4)12-8-19/h5-14,17H,15-16H2,1-4H3/b20-13+,21-14+. The number of rotatable bonds is 5. The third kappa shape index (κ3) is 4.70. The number of methoxy groups -OCH3 is 2. The minimum atomic E-state index is 0.114. The van der Waals surface area contributed by atoms with Crippen molar-refractivity contribution in [3.63, 3.8) is 0 Å². The van der Waals surface area contributed by atoms with E-state index in [1.165, 1.54) is 0 Å². The average molecular weight is 377 g/mol. The summed E-state index contributed by atoms with van der Waals surface area (Å²) in [4.78, 5) is 15.4. The van der Waals surface area contributed by atoms with Gasteiger partial charge in [-0.1, -0.05) is 24.3 Å². The molecule has 0 amide bonds. The van der Waals surface area contributed by atoms with Crippen LogP contribution in [0.25, 0.3) is 12.2 Å². The highest BCUT2D eigenvalue weighted by Crippen LogP contribution is 2.24. The van der Waals surface area contributed by atoms with Crippen LogP contribution < -0.4 is 9.47 Å². The first kappa shape index (κ1) is 19.9. The molecule has 0 radical (unpaired) electrons. The lowest BCUT2D eigenvalue weighted by Crippen LogP contribution is -2.41. The predicted molar refractivity (Wildman–Crippen MR) is 114 cm³/mol. The van der Waals surface area contributed by atoms with Gasteiger partial charge >= 0.3 is 0 Å². The summed E-state index contributed by atoms with van der Waals surface area (Å²) in [7, 11) is 3.30. The molecule has 0 aromatic heterocycles. The number of ketones is 1. The molecule has 2 aromatic rings. The highest BCUT2D eigenvalue weighted by atomic mass is 16.5. The topological polar surface area (TPSA) is 38.8 Å². The minimum absolute atomic E-state index is 0.114. The van der Waals surface area contributed by atoms with Crippen LogP contribution in [0.5, 0.6) is 11.5 Å². The Bertz CT molecular complexity index is 808. The maximum Gasteiger partial charge on any atom is 0.187 e. The van der Waals surface area contributed by atoms with E-state index in [0.717, 1.165) is 33.8 Å². The van der Waals surface area contributed by atoms with Crippen LogP contribution in [0, 0.1) is 0 Å². The van der Waals surface area contributed by atoms with E-state index in [1.54, 1.807) is 14.2 Å². The second-order valence-electron chi connectivity index (χ2n) is 7.21. The quantitative estimate of drug-likeness (QED) is 0.721. The highest BCUT2D eigenvalue weighted by molar-refractivity contribution is 6.14. The summed E-state index contributed by atoms with van der Waals surface area (Å²) in [6, 6.07) is 15.9. The third-order valence-corrected chi connectivity index (χ3v) is 4.97. The number of Topliss-reactive ketones (excluding diaryl/α,β-unsaturated/α-hetero) is 1. The van der Waals surface area contributed by atoms with Crippen molar-refractivity contribution in [2.45, 2.75) is 19.9 Å². The van der Waals surface area contributed by atoms with Crippen molar-refractivity contribution in [3.05, 3.63) is 70.8 Å². The van der Waals surface area contributed by atoms with Gasteiger partial charge in [-0.05, 0) is 61.4 Å². The van der Waals surface area contributed by atoms with Crippen LogP contribution in [0.15, 0.2) is 59.7 Å². The molecular formula is C24H27NO3. The Kier molecular flexibility index (Phi) is 6.32. The summed E-state index contributed by atoms with van der Waals surface area (Å²) >= 11 is 0. The Balaban J connectivity index is 1.92. The van der Waals surface area contributed by atoms with Crippen LogP contribution in [0.1, 0.15) is 25.0 Å². The Hall–Kier alpha value is -2.85. The Morgan fingerprint density at radius 2 is 1.18 bits per heavy atom. The predicted octanol–water partition coefficient (Wildman–Crippen LogP) is 4.46. The van der Waals surface area contributed by atoms with E-state index in [-0.39, 0.29) is 5.78 Å². The molecule has 146 valence electrons. The molecule has 1 aliphatic heterocycles. The zero-order valence-corrected chi connectivity index (χ0v) is 16.9. The maximum absolute atomic E-state index is 13.1. The molecule has 3 rings (SSSR count).